The van der Waals surface area contributed by atoms with Crippen LogP contribution in [0.3, 0.4) is 0 Å². The van der Waals surface area contributed by atoms with E-state index in [1.165, 1.54) is 12.4 Å². The van der Waals surface area contributed by atoms with E-state index in [2.05, 4.69) is 15.3 Å². The summed E-state index contributed by atoms with van der Waals surface area (Å²) in [7, 11) is 0. The number of nitrogens with one attached hydrogen (secondary N) is 1. The van der Waals surface area contributed by atoms with Crippen molar-refractivity contribution in [3.63, 3.8) is 0 Å². The SMILES string of the molecule is NC(=S)c1ccc(Nc2cncnc2)c(F)c1. The maximum Gasteiger partial charge on any atom is 0.147 e. The lowest BCUT2D eigenvalue weighted by molar-refractivity contribution is 0.631. The predicted molar refractivity (Wildman–Crippen MR) is 67.6 cm³/mol. The van der Waals surface area contributed by atoms with Crippen LogP contribution in [0.25, 0.3) is 0 Å². The minimum atomic E-state index is -0.431. The first kappa shape index (κ1) is 11.4. The van der Waals surface area contributed by atoms with Gasteiger partial charge in [-0.05, 0) is 18.2 Å². The summed E-state index contributed by atoms with van der Waals surface area (Å²) in [6.07, 6.45) is 4.50. The summed E-state index contributed by atoms with van der Waals surface area (Å²) in [6.45, 7) is 0. The lowest BCUT2D eigenvalue weighted by Crippen LogP contribution is -2.09. The Kier molecular flexibility index (Phi) is 3.24. The molecule has 1 aromatic heterocycles. The number of thiocarbonyl (C=S) groups is 1. The first-order chi connectivity index (χ1) is 8.16. The van der Waals surface area contributed by atoms with Crippen molar-refractivity contribution in [3.8, 4) is 0 Å². The summed E-state index contributed by atoms with van der Waals surface area (Å²) in [5.41, 5.74) is 6.83. The topological polar surface area (TPSA) is 63.8 Å². The molecule has 86 valence electrons. The number of halogens is 1. The van der Waals surface area contributed by atoms with Gasteiger partial charge in [-0.1, -0.05) is 12.2 Å². The lowest BCUT2D eigenvalue weighted by Gasteiger charge is -2.07. The van der Waals surface area contributed by atoms with Gasteiger partial charge >= 0.3 is 0 Å². The fourth-order valence-corrected chi connectivity index (χ4v) is 1.42. The molecule has 0 unspecified atom stereocenters. The van der Waals surface area contributed by atoms with Crippen molar-refractivity contribution in [2.75, 3.05) is 5.32 Å². The minimum absolute atomic E-state index is 0.165. The third-order valence-electron chi connectivity index (χ3n) is 2.09. The quantitative estimate of drug-likeness (QED) is 0.813. The van der Waals surface area contributed by atoms with Gasteiger partial charge in [-0.15, -0.1) is 0 Å². The Labute approximate surface area is 103 Å². The molecule has 1 aromatic carbocycles. The number of benzene rings is 1. The highest BCUT2D eigenvalue weighted by Gasteiger charge is 2.05. The molecule has 0 amide bonds. The van der Waals surface area contributed by atoms with Gasteiger partial charge in [-0.3, -0.25) is 0 Å². The van der Waals surface area contributed by atoms with Crippen LogP contribution in [0.15, 0.2) is 36.9 Å². The van der Waals surface area contributed by atoms with Gasteiger partial charge < -0.3 is 11.1 Å². The van der Waals surface area contributed by atoms with E-state index in [1.54, 1.807) is 24.5 Å². The Morgan fingerprint density at radius 2 is 2.00 bits per heavy atom. The van der Waals surface area contributed by atoms with Crippen molar-refractivity contribution < 1.29 is 4.39 Å². The van der Waals surface area contributed by atoms with Gasteiger partial charge in [0.15, 0.2) is 0 Å². The molecular formula is C11H9FN4S. The van der Waals surface area contributed by atoms with E-state index < -0.39 is 5.82 Å². The Morgan fingerprint density at radius 3 is 2.59 bits per heavy atom. The Morgan fingerprint density at radius 1 is 1.29 bits per heavy atom. The van der Waals surface area contributed by atoms with Crippen LogP contribution >= 0.6 is 12.2 Å². The highest BCUT2D eigenvalue weighted by Crippen LogP contribution is 2.19. The monoisotopic (exact) mass is 248 g/mol. The molecule has 0 atom stereocenters. The molecule has 0 spiro atoms. The van der Waals surface area contributed by atoms with Gasteiger partial charge in [-0.2, -0.15) is 0 Å². The fraction of sp³-hybridized carbons (Fsp3) is 0. The third-order valence-corrected chi connectivity index (χ3v) is 2.33. The first-order valence-electron chi connectivity index (χ1n) is 4.78. The number of anilines is 2. The second-order valence-corrected chi connectivity index (χ2v) is 3.75. The normalized spacial score (nSPS) is 9.94. The van der Waals surface area contributed by atoms with E-state index in [4.69, 9.17) is 18.0 Å². The summed E-state index contributed by atoms with van der Waals surface area (Å²) in [6, 6.07) is 4.50. The Bertz CT molecular complexity index is 544. The molecule has 6 heteroatoms. The smallest absolute Gasteiger partial charge is 0.147 e. The summed E-state index contributed by atoms with van der Waals surface area (Å²) in [5, 5.41) is 2.85. The van der Waals surface area contributed by atoms with Crippen LogP contribution in [0.1, 0.15) is 5.56 Å². The second kappa shape index (κ2) is 4.84. The highest BCUT2D eigenvalue weighted by atomic mass is 32.1. The molecule has 2 rings (SSSR count). The molecule has 17 heavy (non-hydrogen) atoms. The molecule has 0 radical (unpaired) electrons. The summed E-state index contributed by atoms with van der Waals surface area (Å²) < 4.78 is 13.7. The molecule has 3 N–H and O–H groups in total. The number of hydrogen-bond acceptors (Lipinski definition) is 4. The number of aromatic nitrogens is 2. The zero-order valence-electron chi connectivity index (χ0n) is 8.72. The van der Waals surface area contributed by atoms with E-state index in [0.29, 0.717) is 16.9 Å². The van der Waals surface area contributed by atoms with Gasteiger partial charge in [-0.25, -0.2) is 14.4 Å². The van der Waals surface area contributed by atoms with Crippen LogP contribution in [0.2, 0.25) is 0 Å². The van der Waals surface area contributed by atoms with E-state index >= 15 is 0 Å². The molecule has 1 heterocycles. The molecule has 2 aromatic rings. The molecule has 0 bridgehead atoms. The molecule has 0 saturated carbocycles. The lowest BCUT2D eigenvalue weighted by atomic mass is 10.2. The molecule has 4 nitrogen and oxygen atoms in total. The largest absolute Gasteiger partial charge is 0.389 e. The maximum atomic E-state index is 13.7. The number of nitrogens with two attached hydrogens (primary N) is 1. The number of rotatable bonds is 3. The van der Waals surface area contributed by atoms with Crippen LogP contribution < -0.4 is 11.1 Å². The Hall–Kier alpha value is -2.08. The van der Waals surface area contributed by atoms with Crippen molar-refractivity contribution in [2.24, 2.45) is 5.73 Å². The minimum Gasteiger partial charge on any atom is -0.389 e. The Balaban J connectivity index is 2.26. The number of hydrogen-bond donors (Lipinski definition) is 2. The van der Waals surface area contributed by atoms with Crippen LogP contribution in [-0.2, 0) is 0 Å². The van der Waals surface area contributed by atoms with E-state index in [-0.39, 0.29) is 4.99 Å². The highest BCUT2D eigenvalue weighted by molar-refractivity contribution is 7.80. The van der Waals surface area contributed by atoms with Crippen LogP contribution in [0.4, 0.5) is 15.8 Å². The molecule has 0 aliphatic carbocycles. The zero-order valence-corrected chi connectivity index (χ0v) is 9.54. The van der Waals surface area contributed by atoms with Crippen LogP contribution in [0.5, 0.6) is 0 Å². The summed E-state index contributed by atoms with van der Waals surface area (Å²) in [4.78, 5) is 7.80. The summed E-state index contributed by atoms with van der Waals surface area (Å²) >= 11 is 4.77. The van der Waals surface area contributed by atoms with Crippen molar-refractivity contribution in [1.82, 2.24) is 9.97 Å². The molecule has 0 saturated heterocycles. The van der Waals surface area contributed by atoms with E-state index in [1.807, 2.05) is 0 Å². The molecule has 0 fully saturated rings. The van der Waals surface area contributed by atoms with Crippen molar-refractivity contribution in [3.05, 3.63) is 48.3 Å². The summed E-state index contributed by atoms with van der Waals surface area (Å²) in [5.74, 6) is -0.431. The van der Waals surface area contributed by atoms with Gasteiger partial charge in [0.05, 0.1) is 23.8 Å². The van der Waals surface area contributed by atoms with Gasteiger partial charge in [0, 0.05) is 5.56 Å². The average molecular weight is 248 g/mol. The fourth-order valence-electron chi connectivity index (χ4n) is 1.29. The second-order valence-electron chi connectivity index (χ2n) is 3.31. The number of nitrogens with zero attached hydrogens (tertiary/aromatic N) is 2. The van der Waals surface area contributed by atoms with Crippen molar-refractivity contribution in [1.29, 1.82) is 0 Å². The molecular weight excluding hydrogens is 239 g/mol. The first-order valence-corrected chi connectivity index (χ1v) is 5.19. The van der Waals surface area contributed by atoms with Crippen LogP contribution in [0, 0.1) is 5.82 Å². The van der Waals surface area contributed by atoms with Crippen molar-refractivity contribution >= 4 is 28.6 Å². The van der Waals surface area contributed by atoms with E-state index in [9.17, 15) is 4.39 Å². The van der Waals surface area contributed by atoms with Gasteiger partial charge in [0.2, 0.25) is 0 Å². The molecule has 0 aliphatic heterocycles. The van der Waals surface area contributed by atoms with Gasteiger partial charge in [0.25, 0.3) is 0 Å². The predicted octanol–water partition coefficient (Wildman–Crippen LogP) is 1.99. The van der Waals surface area contributed by atoms with Gasteiger partial charge in [0.1, 0.15) is 17.1 Å². The zero-order chi connectivity index (χ0) is 12.3. The van der Waals surface area contributed by atoms with Crippen molar-refractivity contribution in [2.45, 2.75) is 0 Å². The maximum absolute atomic E-state index is 13.7. The third kappa shape index (κ3) is 2.73. The van der Waals surface area contributed by atoms with Crippen LogP contribution in [-0.4, -0.2) is 15.0 Å². The van der Waals surface area contributed by atoms with E-state index in [0.717, 1.165) is 0 Å². The average Bonchev–Trinajstić information content (AvgIpc) is 2.33. The molecule has 0 aliphatic rings. The standard InChI is InChI=1S/C11H9FN4S/c12-9-3-7(11(13)17)1-2-10(9)16-8-4-14-6-15-5-8/h1-6,16H,(H2,13,17).